The zero-order valence-corrected chi connectivity index (χ0v) is 11.4. The fraction of sp³-hybridized carbons (Fsp3) is 0.250. The third kappa shape index (κ3) is 2.94. The van der Waals surface area contributed by atoms with Crippen molar-refractivity contribution >= 4 is 15.7 Å². The minimum Gasteiger partial charge on any atom is -0.399 e. The average molecular weight is 280 g/mol. The maximum Gasteiger partial charge on any atom is 0.260 e. The Kier molecular flexibility index (Phi) is 3.87. The van der Waals surface area contributed by atoms with E-state index in [1.165, 1.54) is 16.8 Å². The third-order valence-corrected chi connectivity index (χ3v) is 4.63. The predicted octanol–water partition coefficient (Wildman–Crippen LogP) is 1.20. The first-order valence-corrected chi connectivity index (χ1v) is 7.31. The highest BCUT2D eigenvalue weighted by Gasteiger charge is 2.24. The van der Waals surface area contributed by atoms with Gasteiger partial charge in [0.15, 0.2) is 5.03 Å². The minimum atomic E-state index is -3.53. The molecule has 0 radical (unpaired) electrons. The number of anilines is 1. The molecule has 0 bridgehead atoms. The predicted molar refractivity (Wildman–Crippen MR) is 72.7 cm³/mol. The lowest BCUT2D eigenvalue weighted by Gasteiger charge is -2.19. The highest BCUT2D eigenvalue weighted by molar-refractivity contribution is 7.89. The number of H-pyrrole nitrogens is 1. The molecule has 1 aromatic heterocycles. The van der Waals surface area contributed by atoms with Crippen LogP contribution in [0.3, 0.4) is 0 Å². The Morgan fingerprint density at radius 1 is 1.32 bits per heavy atom. The topological polar surface area (TPSA) is 92.1 Å². The number of aromatic nitrogens is 2. The van der Waals surface area contributed by atoms with E-state index in [2.05, 4.69) is 9.97 Å². The highest BCUT2D eigenvalue weighted by atomic mass is 32.2. The van der Waals surface area contributed by atoms with Crippen molar-refractivity contribution in [3.8, 4) is 0 Å². The van der Waals surface area contributed by atoms with Gasteiger partial charge in [-0.25, -0.2) is 13.4 Å². The van der Waals surface area contributed by atoms with Gasteiger partial charge in [0.2, 0.25) is 0 Å². The van der Waals surface area contributed by atoms with Gasteiger partial charge in [-0.05, 0) is 17.7 Å². The molecule has 0 amide bonds. The van der Waals surface area contributed by atoms with E-state index in [0.29, 0.717) is 18.8 Å². The molecule has 0 aliphatic heterocycles. The maximum atomic E-state index is 12.3. The molecule has 6 nitrogen and oxygen atoms in total. The van der Waals surface area contributed by atoms with Gasteiger partial charge in [-0.1, -0.05) is 19.1 Å². The average Bonchev–Trinajstić information content (AvgIpc) is 2.92. The quantitative estimate of drug-likeness (QED) is 0.805. The zero-order chi connectivity index (χ0) is 13.9. The summed E-state index contributed by atoms with van der Waals surface area (Å²) in [5.41, 5.74) is 7.15. The molecule has 7 heteroatoms. The first-order chi connectivity index (χ1) is 9.04. The van der Waals surface area contributed by atoms with Gasteiger partial charge < -0.3 is 10.7 Å². The van der Waals surface area contributed by atoms with Crippen LogP contribution in [-0.2, 0) is 16.6 Å². The summed E-state index contributed by atoms with van der Waals surface area (Å²) in [5, 5.41) is 0.102. The Balaban J connectivity index is 2.23. The van der Waals surface area contributed by atoms with E-state index in [-0.39, 0.29) is 5.03 Å². The molecule has 1 aromatic carbocycles. The van der Waals surface area contributed by atoms with E-state index in [1.807, 2.05) is 12.1 Å². The van der Waals surface area contributed by atoms with Crippen LogP contribution in [0.1, 0.15) is 12.5 Å². The number of nitrogens with zero attached hydrogens (tertiary/aromatic N) is 2. The van der Waals surface area contributed by atoms with Crippen molar-refractivity contribution < 1.29 is 8.42 Å². The molecule has 0 saturated heterocycles. The summed E-state index contributed by atoms with van der Waals surface area (Å²) < 4.78 is 26.0. The summed E-state index contributed by atoms with van der Waals surface area (Å²) >= 11 is 0. The molecule has 1 heterocycles. The fourth-order valence-corrected chi connectivity index (χ4v) is 3.05. The van der Waals surface area contributed by atoms with Gasteiger partial charge in [-0.3, -0.25) is 0 Å². The second-order valence-electron chi connectivity index (χ2n) is 4.09. The van der Waals surface area contributed by atoms with E-state index in [0.717, 1.165) is 5.56 Å². The SMILES string of the molecule is CCN(Cc1ccc(N)cc1)S(=O)(=O)c1cnc[nH]1. The van der Waals surface area contributed by atoms with Crippen LogP contribution in [0.4, 0.5) is 5.69 Å². The number of aromatic amines is 1. The van der Waals surface area contributed by atoms with E-state index >= 15 is 0 Å². The van der Waals surface area contributed by atoms with Gasteiger partial charge in [0, 0.05) is 18.8 Å². The number of nitrogen functional groups attached to an aromatic ring is 1. The molecule has 2 rings (SSSR count). The Morgan fingerprint density at radius 3 is 2.53 bits per heavy atom. The van der Waals surface area contributed by atoms with Gasteiger partial charge in [-0.2, -0.15) is 4.31 Å². The number of nitrogens with one attached hydrogen (secondary N) is 1. The number of rotatable bonds is 5. The van der Waals surface area contributed by atoms with Crippen molar-refractivity contribution in [1.29, 1.82) is 0 Å². The normalized spacial score (nSPS) is 11.9. The number of hydrogen-bond acceptors (Lipinski definition) is 4. The van der Waals surface area contributed by atoms with Crippen LogP contribution < -0.4 is 5.73 Å². The summed E-state index contributed by atoms with van der Waals surface area (Å²) in [6, 6.07) is 7.15. The number of hydrogen-bond donors (Lipinski definition) is 2. The monoisotopic (exact) mass is 280 g/mol. The lowest BCUT2D eigenvalue weighted by molar-refractivity contribution is 0.421. The number of nitrogens with two attached hydrogens (primary N) is 1. The molecule has 0 aliphatic carbocycles. The van der Waals surface area contributed by atoms with Gasteiger partial charge in [-0.15, -0.1) is 0 Å². The van der Waals surface area contributed by atoms with Crippen LogP contribution in [0.15, 0.2) is 41.8 Å². The first kappa shape index (κ1) is 13.6. The summed E-state index contributed by atoms with van der Waals surface area (Å²) in [5.74, 6) is 0. The maximum absolute atomic E-state index is 12.3. The molecular formula is C12H16N4O2S. The Morgan fingerprint density at radius 2 is 2.00 bits per heavy atom. The van der Waals surface area contributed by atoms with Crippen molar-refractivity contribution in [3.63, 3.8) is 0 Å². The lowest BCUT2D eigenvalue weighted by Crippen LogP contribution is -2.30. The third-order valence-electron chi connectivity index (χ3n) is 2.78. The van der Waals surface area contributed by atoms with E-state index in [1.54, 1.807) is 19.1 Å². The summed E-state index contributed by atoms with van der Waals surface area (Å²) in [7, 11) is -3.53. The molecule has 0 atom stereocenters. The second-order valence-corrected chi connectivity index (χ2v) is 6.00. The molecule has 102 valence electrons. The number of benzene rings is 1. The second kappa shape index (κ2) is 5.41. The van der Waals surface area contributed by atoms with Gasteiger partial charge in [0.1, 0.15) is 0 Å². The van der Waals surface area contributed by atoms with Crippen molar-refractivity contribution in [1.82, 2.24) is 14.3 Å². The standard InChI is InChI=1S/C12H16N4O2S/c1-2-16(8-10-3-5-11(13)6-4-10)19(17,18)12-7-14-9-15-12/h3-7,9H,2,8,13H2,1H3,(H,14,15). The van der Waals surface area contributed by atoms with E-state index in [4.69, 9.17) is 5.73 Å². The largest absolute Gasteiger partial charge is 0.399 e. The van der Waals surface area contributed by atoms with Crippen molar-refractivity contribution in [3.05, 3.63) is 42.4 Å². The summed E-state index contributed by atoms with van der Waals surface area (Å²) in [6.45, 7) is 2.48. The Hall–Kier alpha value is -1.86. The Labute approximate surface area is 112 Å². The number of imidazole rings is 1. The minimum absolute atomic E-state index is 0.102. The molecule has 0 fully saturated rings. The zero-order valence-electron chi connectivity index (χ0n) is 10.6. The first-order valence-electron chi connectivity index (χ1n) is 5.87. The molecule has 0 saturated carbocycles. The van der Waals surface area contributed by atoms with Crippen LogP contribution in [0, 0.1) is 0 Å². The van der Waals surface area contributed by atoms with Crippen LogP contribution in [0.25, 0.3) is 0 Å². The molecule has 0 unspecified atom stereocenters. The fourth-order valence-electron chi connectivity index (χ4n) is 1.72. The molecule has 0 aliphatic rings. The Bertz CT molecular complexity index is 620. The molecule has 3 N–H and O–H groups in total. The molecule has 19 heavy (non-hydrogen) atoms. The van der Waals surface area contributed by atoms with Gasteiger partial charge >= 0.3 is 0 Å². The van der Waals surface area contributed by atoms with Crippen molar-refractivity contribution in [2.24, 2.45) is 0 Å². The highest BCUT2D eigenvalue weighted by Crippen LogP contribution is 2.16. The van der Waals surface area contributed by atoms with Crippen LogP contribution in [-0.4, -0.2) is 29.2 Å². The van der Waals surface area contributed by atoms with E-state index in [9.17, 15) is 8.42 Å². The van der Waals surface area contributed by atoms with E-state index < -0.39 is 10.0 Å². The lowest BCUT2D eigenvalue weighted by atomic mass is 10.2. The molecule has 2 aromatic rings. The van der Waals surface area contributed by atoms with Gasteiger partial charge in [0.25, 0.3) is 10.0 Å². The number of sulfonamides is 1. The van der Waals surface area contributed by atoms with Crippen LogP contribution in [0.5, 0.6) is 0 Å². The van der Waals surface area contributed by atoms with Crippen molar-refractivity contribution in [2.45, 2.75) is 18.5 Å². The smallest absolute Gasteiger partial charge is 0.260 e. The summed E-state index contributed by atoms with van der Waals surface area (Å²) in [6.07, 6.45) is 2.66. The van der Waals surface area contributed by atoms with Crippen LogP contribution >= 0.6 is 0 Å². The molecule has 0 spiro atoms. The van der Waals surface area contributed by atoms with Crippen molar-refractivity contribution in [2.75, 3.05) is 12.3 Å². The van der Waals surface area contributed by atoms with Crippen LogP contribution in [0.2, 0.25) is 0 Å². The molecular weight excluding hydrogens is 264 g/mol. The van der Waals surface area contributed by atoms with Gasteiger partial charge in [0.05, 0.1) is 12.5 Å². The summed E-state index contributed by atoms with van der Waals surface area (Å²) in [4.78, 5) is 6.37.